The molecule has 1 atom stereocenters. The molecule has 3 rings (SSSR count). The first-order chi connectivity index (χ1) is 13.2. The average Bonchev–Trinajstić information content (AvgIpc) is 2.63. The molecule has 1 aromatic heterocycles. The lowest BCUT2D eigenvalue weighted by atomic mass is 10.2. The summed E-state index contributed by atoms with van der Waals surface area (Å²) in [6.07, 6.45) is 2.86. The lowest BCUT2D eigenvalue weighted by Gasteiger charge is -2.40. The van der Waals surface area contributed by atoms with Crippen LogP contribution >= 0.6 is 0 Å². The summed E-state index contributed by atoms with van der Waals surface area (Å²) in [4.78, 5) is 24.8. The van der Waals surface area contributed by atoms with Crippen molar-refractivity contribution < 1.29 is 18.7 Å². The summed E-state index contributed by atoms with van der Waals surface area (Å²) in [5.74, 6) is 1.23. The van der Waals surface area contributed by atoms with E-state index in [1.165, 1.54) is 12.1 Å². The number of halogens is 1. The van der Waals surface area contributed by atoms with Gasteiger partial charge in [-0.05, 0) is 52.0 Å². The molecule has 0 bridgehead atoms. The van der Waals surface area contributed by atoms with Crippen LogP contribution in [0.3, 0.4) is 0 Å². The number of anilines is 1. The van der Waals surface area contributed by atoms with Crippen LogP contribution in [0.1, 0.15) is 27.7 Å². The first kappa shape index (κ1) is 19.9. The van der Waals surface area contributed by atoms with Gasteiger partial charge in [0.25, 0.3) is 0 Å². The number of aromatic nitrogens is 2. The molecule has 0 N–H and O–H groups in total. The summed E-state index contributed by atoms with van der Waals surface area (Å²) < 4.78 is 24.0. The number of carbonyl (C=O) groups excluding carboxylic acids is 1. The number of hydrogen-bond donors (Lipinski definition) is 0. The Bertz CT molecular complexity index is 806. The highest BCUT2D eigenvalue weighted by Crippen LogP contribution is 2.23. The molecule has 1 aromatic carbocycles. The van der Waals surface area contributed by atoms with Gasteiger partial charge in [-0.15, -0.1) is 0 Å². The normalized spacial score (nSPS) is 17.4. The van der Waals surface area contributed by atoms with Crippen LogP contribution in [-0.2, 0) is 4.74 Å². The number of nitrogens with zero attached hydrogens (tertiary/aromatic N) is 4. The Morgan fingerprint density at radius 2 is 1.75 bits per heavy atom. The molecule has 0 saturated carbocycles. The molecule has 1 fully saturated rings. The van der Waals surface area contributed by atoms with Gasteiger partial charge in [0.05, 0.1) is 12.4 Å². The molecule has 1 aliphatic rings. The van der Waals surface area contributed by atoms with Gasteiger partial charge in [-0.3, -0.25) is 0 Å². The molecule has 1 amide bonds. The van der Waals surface area contributed by atoms with Crippen molar-refractivity contribution in [2.45, 2.75) is 39.3 Å². The van der Waals surface area contributed by atoms with E-state index in [0.717, 1.165) is 0 Å². The summed E-state index contributed by atoms with van der Waals surface area (Å²) in [5.41, 5.74) is -0.513. The van der Waals surface area contributed by atoms with E-state index >= 15 is 0 Å². The maximum absolute atomic E-state index is 13.0. The minimum absolute atomic E-state index is 0.0464. The Labute approximate surface area is 164 Å². The Hall–Kier alpha value is -2.90. The zero-order valence-electron chi connectivity index (χ0n) is 16.6. The van der Waals surface area contributed by atoms with Gasteiger partial charge < -0.3 is 19.3 Å². The number of carbonyl (C=O) groups is 1. The third-order valence-electron chi connectivity index (χ3n) is 4.20. The van der Waals surface area contributed by atoms with Gasteiger partial charge in [0, 0.05) is 25.7 Å². The predicted octanol–water partition coefficient (Wildman–Crippen LogP) is 3.85. The Morgan fingerprint density at radius 1 is 1.11 bits per heavy atom. The fraction of sp³-hybridized carbons (Fsp3) is 0.450. The fourth-order valence-electron chi connectivity index (χ4n) is 2.90. The number of hydrogen-bond acceptors (Lipinski definition) is 6. The van der Waals surface area contributed by atoms with Gasteiger partial charge in [-0.25, -0.2) is 19.2 Å². The SMILES string of the molecule is C[C@@H]1CN(C(=O)OC(C)(C)C)CCN1c1ncc(Oc2ccc(F)cc2)cn1. The van der Waals surface area contributed by atoms with Crippen molar-refractivity contribution in [3.8, 4) is 11.5 Å². The first-order valence-electron chi connectivity index (χ1n) is 9.21. The van der Waals surface area contributed by atoms with Crippen LogP contribution in [0, 0.1) is 5.82 Å². The molecule has 2 aromatic rings. The largest absolute Gasteiger partial charge is 0.454 e. The Morgan fingerprint density at radius 3 is 2.32 bits per heavy atom. The summed E-state index contributed by atoms with van der Waals surface area (Å²) in [5, 5.41) is 0. The molecule has 150 valence electrons. The molecule has 8 heteroatoms. The topological polar surface area (TPSA) is 67.8 Å². The fourth-order valence-corrected chi connectivity index (χ4v) is 2.90. The van der Waals surface area contributed by atoms with Crippen molar-refractivity contribution in [3.63, 3.8) is 0 Å². The smallest absolute Gasteiger partial charge is 0.410 e. The molecule has 1 saturated heterocycles. The van der Waals surface area contributed by atoms with Crippen molar-refractivity contribution in [1.29, 1.82) is 0 Å². The quantitative estimate of drug-likeness (QED) is 0.796. The van der Waals surface area contributed by atoms with Gasteiger partial charge in [0.2, 0.25) is 5.95 Å². The van der Waals surface area contributed by atoms with Crippen molar-refractivity contribution in [2.75, 3.05) is 24.5 Å². The molecule has 0 radical (unpaired) electrons. The van der Waals surface area contributed by atoms with Gasteiger partial charge in [-0.2, -0.15) is 0 Å². The molecule has 28 heavy (non-hydrogen) atoms. The summed E-state index contributed by atoms with van der Waals surface area (Å²) in [6.45, 7) is 9.26. The van der Waals surface area contributed by atoms with E-state index in [4.69, 9.17) is 9.47 Å². The number of benzene rings is 1. The monoisotopic (exact) mass is 388 g/mol. The van der Waals surface area contributed by atoms with Crippen LogP contribution in [0.4, 0.5) is 15.1 Å². The first-order valence-corrected chi connectivity index (χ1v) is 9.21. The Kier molecular flexibility index (Phi) is 5.67. The molecule has 1 aliphatic heterocycles. The van der Waals surface area contributed by atoms with Crippen LogP contribution in [0.25, 0.3) is 0 Å². The van der Waals surface area contributed by atoms with Crippen LogP contribution in [0.2, 0.25) is 0 Å². The zero-order valence-corrected chi connectivity index (χ0v) is 16.6. The van der Waals surface area contributed by atoms with Crippen LogP contribution in [0.5, 0.6) is 11.5 Å². The van der Waals surface area contributed by atoms with Crippen LogP contribution < -0.4 is 9.64 Å². The van der Waals surface area contributed by atoms with Gasteiger partial charge in [0.1, 0.15) is 17.2 Å². The molecule has 0 spiro atoms. The molecule has 7 nitrogen and oxygen atoms in total. The van der Waals surface area contributed by atoms with E-state index in [1.54, 1.807) is 29.4 Å². The number of rotatable bonds is 3. The maximum Gasteiger partial charge on any atom is 0.410 e. The number of ether oxygens (including phenoxy) is 2. The average molecular weight is 388 g/mol. The number of piperazine rings is 1. The summed E-state index contributed by atoms with van der Waals surface area (Å²) in [6, 6.07) is 5.79. The second kappa shape index (κ2) is 8.00. The third-order valence-corrected chi connectivity index (χ3v) is 4.20. The molecular weight excluding hydrogens is 363 g/mol. The summed E-state index contributed by atoms with van der Waals surface area (Å²) >= 11 is 0. The second-order valence-electron chi connectivity index (χ2n) is 7.74. The van der Waals surface area contributed by atoms with Crippen molar-refractivity contribution >= 4 is 12.0 Å². The maximum atomic E-state index is 13.0. The van der Waals surface area contributed by atoms with E-state index < -0.39 is 5.60 Å². The van der Waals surface area contributed by atoms with E-state index in [0.29, 0.717) is 37.1 Å². The van der Waals surface area contributed by atoms with E-state index in [9.17, 15) is 9.18 Å². The third kappa shape index (κ3) is 5.09. The number of amides is 1. The predicted molar refractivity (Wildman–Crippen MR) is 103 cm³/mol. The standard InChI is InChI=1S/C20H25FN4O3/c1-14-13-24(19(26)28-20(2,3)4)9-10-25(14)18-22-11-17(12-23-18)27-16-7-5-15(21)6-8-16/h5-8,11-12,14H,9-10,13H2,1-4H3/t14-/m1/s1. The zero-order chi connectivity index (χ0) is 20.3. The second-order valence-corrected chi connectivity index (χ2v) is 7.74. The molecule has 0 aliphatic carbocycles. The van der Waals surface area contributed by atoms with Crippen molar-refractivity contribution in [1.82, 2.24) is 14.9 Å². The van der Waals surface area contributed by atoms with Gasteiger partial charge in [-0.1, -0.05) is 0 Å². The molecule has 0 unspecified atom stereocenters. The van der Waals surface area contributed by atoms with Crippen molar-refractivity contribution in [3.05, 3.63) is 42.5 Å². The van der Waals surface area contributed by atoms with E-state index in [1.807, 2.05) is 32.6 Å². The minimum Gasteiger partial charge on any atom is -0.454 e. The molecular formula is C20H25FN4O3. The summed E-state index contributed by atoms with van der Waals surface area (Å²) in [7, 11) is 0. The highest BCUT2D eigenvalue weighted by Gasteiger charge is 2.30. The minimum atomic E-state index is -0.513. The van der Waals surface area contributed by atoms with Crippen LogP contribution in [-0.4, -0.2) is 52.2 Å². The highest BCUT2D eigenvalue weighted by molar-refractivity contribution is 5.68. The molecule has 2 heterocycles. The van der Waals surface area contributed by atoms with E-state index in [-0.39, 0.29) is 18.0 Å². The van der Waals surface area contributed by atoms with Gasteiger partial charge in [0.15, 0.2) is 5.75 Å². The van der Waals surface area contributed by atoms with Gasteiger partial charge >= 0.3 is 6.09 Å². The highest BCUT2D eigenvalue weighted by atomic mass is 19.1. The van der Waals surface area contributed by atoms with Crippen LogP contribution in [0.15, 0.2) is 36.7 Å². The van der Waals surface area contributed by atoms with E-state index in [2.05, 4.69) is 9.97 Å². The lowest BCUT2D eigenvalue weighted by Crippen LogP contribution is -2.55. The van der Waals surface area contributed by atoms with Crippen molar-refractivity contribution in [2.24, 2.45) is 0 Å². The lowest BCUT2D eigenvalue weighted by molar-refractivity contribution is 0.0218. The Balaban J connectivity index is 1.60.